The Bertz CT molecular complexity index is 371. The second-order valence-electron chi connectivity index (χ2n) is 5.49. The zero-order chi connectivity index (χ0) is 12.9. The first-order valence-electron chi connectivity index (χ1n) is 6.12. The van der Waals surface area contributed by atoms with E-state index in [4.69, 9.17) is 0 Å². The van der Waals surface area contributed by atoms with E-state index in [1.807, 2.05) is 11.7 Å². The first kappa shape index (κ1) is 13.9. The van der Waals surface area contributed by atoms with Crippen LogP contribution in [0.4, 0.5) is 0 Å². The van der Waals surface area contributed by atoms with Crippen molar-refractivity contribution in [2.45, 2.75) is 46.1 Å². The lowest BCUT2D eigenvalue weighted by molar-refractivity contribution is 0.431. The molecule has 1 N–H and O–H groups in total. The van der Waals surface area contributed by atoms with Gasteiger partial charge in [-0.15, -0.1) is 0 Å². The number of aryl methyl sites for hydroxylation is 1. The minimum atomic E-state index is 0.200. The molecule has 0 bridgehead atoms. The SMILES string of the molecule is CC(=CCCNC(C)(C)C)Cc1ncnn1C. The molecule has 0 amide bonds. The van der Waals surface area contributed by atoms with Crippen LogP contribution >= 0.6 is 0 Å². The molecular weight excluding hydrogens is 212 g/mol. The van der Waals surface area contributed by atoms with E-state index in [1.54, 1.807) is 6.33 Å². The van der Waals surface area contributed by atoms with Crippen LogP contribution in [0.15, 0.2) is 18.0 Å². The number of hydrogen-bond donors (Lipinski definition) is 1. The third-order valence-corrected chi connectivity index (χ3v) is 2.53. The average molecular weight is 236 g/mol. The number of hydrogen-bond acceptors (Lipinski definition) is 3. The molecule has 17 heavy (non-hydrogen) atoms. The molecule has 0 saturated heterocycles. The summed E-state index contributed by atoms with van der Waals surface area (Å²) in [6.45, 7) is 9.71. The van der Waals surface area contributed by atoms with E-state index in [9.17, 15) is 0 Å². The molecule has 0 fully saturated rings. The van der Waals surface area contributed by atoms with Gasteiger partial charge in [0.15, 0.2) is 0 Å². The Morgan fingerprint density at radius 1 is 1.47 bits per heavy atom. The van der Waals surface area contributed by atoms with Crippen LogP contribution in [0.2, 0.25) is 0 Å². The van der Waals surface area contributed by atoms with Crippen molar-refractivity contribution < 1.29 is 0 Å². The van der Waals surface area contributed by atoms with Gasteiger partial charge in [0.1, 0.15) is 12.2 Å². The molecule has 0 radical (unpaired) electrons. The third kappa shape index (κ3) is 5.63. The molecule has 0 aliphatic heterocycles. The van der Waals surface area contributed by atoms with Gasteiger partial charge in [0, 0.05) is 19.0 Å². The van der Waals surface area contributed by atoms with Gasteiger partial charge in [-0.05, 0) is 40.7 Å². The van der Waals surface area contributed by atoms with Crippen LogP contribution in [0.25, 0.3) is 0 Å². The molecule has 96 valence electrons. The summed E-state index contributed by atoms with van der Waals surface area (Å²) >= 11 is 0. The Labute approximate surface area is 104 Å². The molecule has 1 aromatic rings. The van der Waals surface area contributed by atoms with Crippen molar-refractivity contribution in [1.82, 2.24) is 20.1 Å². The highest BCUT2D eigenvalue weighted by Crippen LogP contribution is 2.05. The standard InChI is InChI=1S/C13H24N4/c1-11(7-6-8-15-13(2,3)4)9-12-14-10-16-17(12)5/h7,10,15H,6,8-9H2,1-5H3. The van der Waals surface area contributed by atoms with Crippen LogP contribution in [0.3, 0.4) is 0 Å². The zero-order valence-electron chi connectivity index (χ0n) is 11.6. The van der Waals surface area contributed by atoms with Gasteiger partial charge in [-0.25, -0.2) is 4.98 Å². The zero-order valence-corrected chi connectivity index (χ0v) is 11.6. The predicted molar refractivity (Wildman–Crippen MR) is 70.8 cm³/mol. The molecule has 1 rings (SSSR count). The highest BCUT2D eigenvalue weighted by Gasteiger charge is 2.06. The van der Waals surface area contributed by atoms with Crippen molar-refractivity contribution in [2.75, 3.05) is 6.54 Å². The quantitative estimate of drug-likeness (QED) is 0.629. The number of nitrogens with zero attached hydrogens (tertiary/aromatic N) is 3. The van der Waals surface area contributed by atoms with Gasteiger partial charge in [-0.1, -0.05) is 11.6 Å². The summed E-state index contributed by atoms with van der Waals surface area (Å²) in [5.74, 6) is 1.02. The fraction of sp³-hybridized carbons (Fsp3) is 0.692. The van der Waals surface area contributed by atoms with Crippen molar-refractivity contribution in [2.24, 2.45) is 7.05 Å². The van der Waals surface area contributed by atoms with Gasteiger partial charge in [0.2, 0.25) is 0 Å². The summed E-state index contributed by atoms with van der Waals surface area (Å²) < 4.78 is 1.82. The Morgan fingerprint density at radius 2 is 2.18 bits per heavy atom. The topological polar surface area (TPSA) is 42.7 Å². The Kier molecular flexibility index (Phi) is 4.87. The van der Waals surface area contributed by atoms with Crippen LogP contribution < -0.4 is 5.32 Å². The van der Waals surface area contributed by atoms with Crippen molar-refractivity contribution in [1.29, 1.82) is 0 Å². The van der Waals surface area contributed by atoms with E-state index < -0.39 is 0 Å². The summed E-state index contributed by atoms with van der Waals surface area (Å²) in [5.41, 5.74) is 1.54. The number of allylic oxidation sites excluding steroid dienone is 1. The van der Waals surface area contributed by atoms with Gasteiger partial charge in [0.05, 0.1) is 0 Å². The predicted octanol–water partition coefficient (Wildman–Crippen LogP) is 2.08. The molecule has 4 heteroatoms. The first-order chi connectivity index (χ1) is 7.88. The van der Waals surface area contributed by atoms with Crippen LogP contribution in [-0.4, -0.2) is 26.8 Å². The molecule has 0 saturated carbocycles. The normalized spacial score (nSPS) is 13.1. The minimum absolute atomic E-state index is 0.200. The van der Waals surface area contributed by atoms with E-state index in [1.165, 1.54) is 5.57 Å². The van der Waals surface area contributed by atoms with Crippen molar-refractivity contribution in [3.63, 3.8) is 0 Å². The summed E-state index contributed by atoms with van der Waals surface area (Å²) in [5, 5.41) is 7.53. The molecule has 1 heterocycles. The lowest BCUT2D eigenvalue weighted by atomic mass is 10.1. The summed E-state index contributed by atoms with van der Waals surface area (Å²) in [6, 6.07) is 0. The minimum Gasteiger partial charge on any atom is -0.312 e. The monoisotopic (exact) mass is 236 g/mol. The van der Waals surface area contributed by atoms with Crippen molar-refractivity contribution in [3.05, 3.63) is 23.8 Å². The van der Waals surface area contributed by atoms with Gasteiger partial charge in [-0.2, -0.15) is 5.10 Å². The lowest BCUT2D eigenvalue weighted by Crippen LogP contribution is -2.36. The fourth-order valence-corrected chi connectivity index (χ4v) is 1.57. The van der Waals surface area contributed by atoms with Gasteiger partial charge >= 0.3 is 0 Å². The van der Waals surface area contributed by atoms with E-state index in [0.717, 1.165) is 25.2 Å². The van der Waals surface area contributed by atoms with E-state index >= 15 is 0 Å². The Hall–Kier alpha value is -1.16. The van der Waals surface area contributed by atoms with Gasteiger partial charge in [0.25, 0.3) is 0 Å². The molecule has 1 aromatic heterocycles. The molecule has 0 spiro atoms. The van der Waals surface area contributed by atoms with E-state index in [-0.39, 0.29) is 5.54 Å². The summed E-state index contributed by atoms with van der Waals surface area (Å²) in [7, 11) is 1.93. The van der Waals surface area contributed by atoms with Crippen molar-refractivity contribution in [3.8, 4) is 0 Å². The Balaban J connectivity index is 2.33. The van der Waals surface area contributed by atoms with Gasteiger partial charge < -0.3 is 5.32 Å². The molecule has 4 nitrogen and oxygen atoms in total. The second kappa shape index (κ2) is 5.96. The third-order valence-electron chi connectivity index (χ3n) is 2.53. The molecule has 0 aliphatic rings. The molecule has 0 unspecified atom stereocenters. The van der Waals surface area contributed by atoms with Crippen LogP contribution in [0, 0.1) is 0 Å². The van der Waals surface area contributed by atoms with Crippen molar-refractivity contribution >= 4 is 0 Å². The average Bonchev–Trinajstić information content (AvgIpc) is 2.58. The number of nitrogens with one attached hydrogen (secondary N) is 1. The molecule has 0 aliphatic carbocycles. The largest absolute Gasteiger partial charge is 0.312 e. The smallest absolute Gasteiger partial charge is 0.138 e. The summed E-state index contributed by atoms with van der Waals surface area (Å²) in [4.78, 5) is 4.22. The van der Waals surface area contributed by atoms with Crippen LogP contribution in [0.1, 0.15) is 39.9 Å². The van der Waals surface area contributed by atoms with Gasteiger partial charge in [-0.3, -0.25) is 4.68 Å². The Morgan fingerprint density at radius 3 is 2.71 bits per heavy atom. The maximum Gasteiger partial charge on any atom is 0.138 e. The second-order valence-corrected chi connectivity index (χ2v) is 5.49. The molecule has 0 atom stereocenters. The highest BCUT2D eigenvalue weighted by atomic mass is 15.3. The maximum absolute atomic E-state index is 4.22. The first-order valence-corrected chi connectivity index (χ1v) is 6.12. The van der Waals surface area contributed by atoms with Crippen LogP contribution in [-0.2, 0) is 13.5 Å². The van der Waals surface area contributed by atoms with Crippen LogP contribution in [0.5, 0.6) is 0 Å². The number of aromatic nitrogens is 3. The molecular formula is C13H24N4. The number of rotatable bonds is 5. The highest BCUT2D eigenvalue weighted by molar-refractivity contribution is 5.06. The summed E-state index contributed by atoms with van der Waals surface area (Å²) in [6.07, 6.45) is 5.81. The van der Waals surface area contributed by atoms with E-state index in [0.29, 0.717) is 0 Å². The maximum atomic E-state index is 4.22. The lowest BCUT2D eigenvalue weighted by Gasteiger charge is -2.19. The fourth-order valence-electron chi connectivity index (χ4n) is 1.57. The molecule has 0 aromatic carbocycles. The van der Waals surface area contributed by atoms with E-state index in [2.05, 4.69) is 49.2 Å².